The fraction of sp³-hybridized carbons (Fsp3) is 0.682. The van der Waals surface area contributed by atoms with Gasteiger partial charge in [0.25, 0.3) is 0 Å². The van der Waals surface area contributed by atoms with Crippen LogP contribution in [0.15, 0.2) is 12.1 Å². The molecule has 2 N–H and O–H groups in total. The van der Waals surface area contributed by atoms with Crippen LogP contribution in [0, 0.1) is 6.92 Å². The van der Waals surface area contributed by atoms with E-state index in [9.17, 15) is 14.9 Å². The zero-order valence-corrected chi connectivity index (χ0v) is 20.7. The maximum Gasteiger partial charge on any atom is 0.493 e. The summed E-state index contributed by atoms with van der Waals surface area (Å²) in [5.41, 5.74) is -0.505. The number of aliphatic hydroxyl groups is 1. The third-order valence-corrected chi connectivity index (χ3v) is 6.20. The lowest BCUT2D eigenvalue weighted by Gasteiger charge is -2.40. The molecule has 1 amide bonds. The van der Waals surface area contributed by atoms with Gasteiger partial charge in [0.05, 0.1) is 11.2 Å². The van der Waals surface area contributed by atoms with Gasteiger partial charge in [0.2, 0.25) is 0 Å². The molecule has 0 aliphatic carbocycles. The lowest BCUT2D eigenvalue weighted by Crippen LogP contribution is -2.55. The van der Waals surface area contributed by atoms with Gasteiger partial charge < -0.3 is 29.3 Å². The van der Waals surface area contributed by atoms with E-state index in [1.54, 1.807) is 44.7 Å². The summed E-state index contributed by atoms with van der Waals surface area (Å²) in [7, 11) is -1.25. The first-order valence-electron chi connectivity index (χ1n) is 10.6. The maximum atomic E-state index is 12.4. The molecule has 1 heterocycles. The predicted molar refractivity (Wildman–Crippen MR) is 125 cm³/mol. The highest BCUT2D eigenvalue weighted by molar-refractivity contribution is 6.62. The van der Waals surface area contributed by atoms with Crippen LogP contribution in [-0.2, 0) is 9.39 Å². The summed E-state index contributed by atoms with van der Waals surface area (Å²) in [6, 6.07) is 3.48. The standard InChI is InChI=1S/C22H36BClN2O5/c1-15-17(24)10-9-16(23(29)31-22(7,8)21(5,6)28)18(15)25-11-13-26(14-12-25)19(27)30-20(2,3)4/h9-10,28-29H,11-14H2,1-8H3. The van der Waals surface area contributed by atoms with Crippen molar-refractivity contribution >= 4 is 36.0 Å². The summed E-state index contributed by atoms with van der Waals surface area (Å²) in [5.74, 6) is 0. The molecule has 0 bridgehead atoms. The Balaban J connectivity index is 2.24. The van der Waals surface area contributed by atoms with Gasteiger partial charge in [0.1, 0.15) is 5.60 Å². The number of carbonyl (C=O) groups is 1. The molecular weight excluding hydrogens is 419 g/mol. The van der Waals surface area contributed by atoms with Crippen molar-refractivity contribution < 1.29 is 24.3 Å². The van der Waals surface area contributed by atoms with Crippen LogP contribution in [0.4, 0.5) is 10.5 Å². The highest BCUT2D eigenvalue weighted by Crippen LogP contribution is 2.29. The molecule has 0 aromatic heterocycles. The summed E-state index contributed by atoms with van der Waals surface area (Å²) in [5, 5.41) is 21.9. The Morgan fingerprint density at radius 2 is 1.61 bits per heavy atom. The summed E-state index contributed by atoms with van der Waals surface area (Å²) in [6.45, 7) is 16.3. The lowest BCUT2D eigenvalue weighted by atomic mass is 9.74. The molecule has 0 atom stereocenters. The Hall–Kier alpha value is -1.48. The van der Waals surface area contributed by atoms with E-state index in [-0.39, 0.29) is 6.09 Å². The number of benzene rings is 1. The van der Waals surface area contributed by atoms with Gasteiger partial charge in [-0.3, -0.25) is 0 Å². The highest BCUT2D eigenvalue weighted by atomic mass is 35.5. The number of amides is 1. The van der Waals surface area contributed by atoms with E-state index in [2.05, 4.69) is 4.90 Å². The number of halogens is 1. The summed E-state index contributed by atoms with van der Waals surface area (Å²) >= 11 is 6.39. The van der Waals surface area contributed by atoms with Crippen LogP contribution in [0.1, 0.15) is 54.0 Å². The Labute approximate surface area is 191 Å². The van der Waals surface area contributed by atoms with E-state index in [1.807, 2.05) is 27.7 Å². The van der Waals surface area contributed by atoms with Gasteiger partial charge >= 0.3 is 13.2 Å². The largest absolute Gasteiger partial charge is 0.493 e. The average Bonchev–Trinajstić information content (AvgIpc) is 2.61. The number of nitrogens with zero attached hydrogens (tertiary/aromatic N) is 2. The Morgan fingerprint density at radius 3 is 2.10 bits per heavy atom. The number of rotatable bonds is 5. The van der Waals surface area contributed by atoms with Crippen molar-refractivity contribution in [1.82, 2.24) is 4.90 Å². The van der Waals surface area contributed by atoms with E-state index in [0.29, 0.717) is 36.7 Å². The van der Waals surface area contributed by atoms with Gasteiger partial charge in [-0.15, -0.1) is 0 Å². The molecular formula is C22H36BClN2O5. The van der Waals surface area contributed by atoms with Crippen molar-refractivity contribution in [3.05, 3.63) is 22.7 Å². The molecule has 1 aromatic rings. The van der Waals surface area contributed by atoms with Crippen molar-refractivity contribution in [2.24, 2.45) is 0 Å². The molecule has 174 valence electrons. The summed E-state index contributed by atoms with van der Waals surface area (Å²) in [4.78, 5) is 16.2. The van der Waals surface area contributed by atoms with Gasteiger partial charge in [-0.2, -0.15) is 0 Å². The Morgan fingerprint density at radius 1 is 1.06 bits per heavy atom. The van der Waals surface area contributed by atoms with E-state index in [0.717, 1.165) is 11.3 Å². The first kappa shape index (κ1) is 25.8. The van der Waals surface area contributed by atoms with Crippen LogP contribution in [0.25, 0.3) is 0 Å². The fourth-order valence-electron chi connectivity index (χ4n) is 3.24. The number of hydrogen-bond acceptors (Lipinski definition) is 6. The molecule has 7 nitrogen and oxygen atoms in total. The van der Waals surface area contributed by atoms with Crippen LogP contribution < -0.4 is 10.4 Å². The van der Waals surface area contributed by atoms with E-state index in [1.165, 1.54) is 0 Å². The fourth-order valence-corrected chi connectivity index (χ4v) is 3.39. The zero-order valence-electron chi connectivity index (χ0n) is 20.0. The number of ether oxygens (including phenoxy) is 1. The number of piperazine rings is 1. The minimum Gasteiger partial charge on any atom is -0.444 e. The van der Waals surface area contributed by atoms with E-state index >= 15 is 0 Å². The van der Waals surface area contributed by atoms with Gasteiger partial charge in [0, 0.05) is 42.4 Å². The van der Waals surface area contributed by atoms with Crippen molar-refractivity contribution in [3.63, 3.8) is 0 Å². The third-order valence-electron chi connectivity index (χ3n) is 5.79. The molecule has 2 rings (SSSR count). The third kappa shape index (κ3) is 6.28. The molecule has 1 aromatic carbocycles. The minimum atomic E-state index is -1.25. The Kier molecular flexibility index (Phi) is 7.63. The quantitative estimate of drug-likeness (QED) is 0.666. The minimum absolute atomic E-state index is 0.328. The van der Waals surface area contributed by atoms with Crippen molar-refractivity contribution in [2.75, 3.05) is 31.1 Å². The van der Waals surface area contributed by atoms with Crippen LogP contribution in [0.2, 0.25) is 5.02 Å². The van der Waals surface area contributed by atoms with Crippen molar-refractivity contribution in [3.8, 4) is 0 Å². The SMILES string of the molecule is Cc1c(Cl)ccc(B(O)OC(C)(C)C(C)(C)O)c1N1CCN(C(=O)OC(C)(C)C)CC1. The van der Waals surface area contributed by atoms with Gasteiger partial charge in [-0.1, -0.05) is 17.7 Å². The van der Waals surface area contributed by atoms with Crippen molar-refractivity contribution in [2.45, 2.75) is 72.2 Å². The molecule has 1 saturated heterocycles. The van der Waals surface area contributed by atoms with Crippen LogP contribution in [-0.4, -0.2) is 71.2 Å². The number of anilines is 1. The zero-order chi connectivity index (χ0) is 23.8. The van der Waals surface area contributed by atoms with Crippen LogP contribution in [0.5, 0.6) is 0 Å². The molecule has 0 spiro atoms. The number of carbonyl (C=O) groups excluding carboxylic acids is 1. The first-order valence-corrected chi connectivity index (χ1v) is 11.0. The Bertz CT molecular complexity index is 796. The topological polar surface area (TPSA) is 82.5 Å². The normalized spacial score (nSPS) is 15.8. The second-order valence-electron chi connectivity index (χ2n) is 10.1. The number of hydrogen-bond donors (Lipinski definition) is 2. The molecule has 1 aliphatic rings. The van der Waals surface area contributed by atoms with E-state index in [4.69, 9.17) is 21.0 Å². The highest BCUT2D eigenvalue weighted by Gasteiger charge is 2.41. The lowest BCUT2D eigenvalue weighted by molar-refractivity contribution is -0.0982. The molecule has 31 heavy (non-hydrogen) atoms. The van der Waals surface area contributed by atoms with Crippen molar-refractivity contribution in [1.29, 1.82) is 0 Å². The monoisotopic (exact) mass is 454 g/mol. The van der Waals surface area contributed by atoms with E-state index < -0.39 is 23.9 Å². The average molecular weight is 455 g/mol. The molecule has 0 radical (unpaired) electrons. The maximum absolute atomic E-state index is 12.4. The molecule has 1 fully saturated rings. The predicted octanol–water partition coefficient (Wildman–Crippen LogP) is 2.96. The second-order valence-corrected chi connectivity index (χ2v) is 10.5. The summed E-state index contributed by atoms with van der Waals surface area (Å²) in [6.07, 6.45) is -0.328. The van der Waals surface area contributed by atoms with Crippen LogP contribution >= 0.6 is 11.6 Å². The van der Waals surface area contributed by atoms with Gasteiger partial charge in [-0.25, -0.2) is 4.79 Å². The summed E-state index contributed by atoms with van der Waals surface area (Å²) < 4.78 is 11.4. The first-order chi connectivity index (χ1) is 14.0. The van der Waals surface area contributed by atoms with Gasteiger partial charge in [-0.05, 0) is 67.0 Å². The molecule has 1 aliphatic heterocycles. The molecule has 0 saturated carbocycles. The smallest absolute Gasteiger partial charge is 0.444 e. The van der Waals surface area contributed by atoms with Gasteiger partial charge in [0.15, 0.2) is 0 Å². The molecule has 0 unspecified atom stereocenters. The van der Waals surface area contributed by atoms with Crippen LogP contribution in [0.3, 0.4) is 0 Å². The molecule has 9 heteroatoms. The second kappa shape index (κ2) is 9.18.